The number of hydrogen-bond donors (Lipinski definition) is 1. The van der Waals surface area contributed by atoms with Crippen LogP contribution in [-0.2, 0) is 0 Å². The molecule has 1 aromatic carbocycles. The van der Waals surface area contributed by atoms with Gasteiger partial charge in [-0.2, -0.15) is 5.10 Å². The maximum Gasteiger partial charge on any atom is 0.316 e. The fourth-order valence-electron chi connectivity index (χ4n) is 2.15. The van der Waals surface area contributed by atoms with Crippen LogP contribution in [0.5, 0.6) is 6.01 Å². The molecule has 3 rings (SSSR count). The highest BCUT2D eigenvalue weighted by Gasteiger charge is 2.15. The van der Waals surface area contributed by atoms with Gasteiger partial charge in [-0.1, -0.05) is 18.2 Å². The molecule has 0 saturated heterocycles. The Morgan fingerprint density at radius 2 is 1.83 bits per heavy atom. The van der Waals surface area contributed by atoms with Crippen molar-refractivity contribution in [2.24, 2.45) is 0 Å². The number of benzene rings is 1. The summed E-state index contributed by atoms with van der Waals surface area (Å²) in [5, 5.41) is 7.02. The lowest BCUT2D eigenvalue weighted by atomic mass is 10.2. The minimum absolute atomic E-state index is 0.246. The zero-order valence-corrected chi connectivity index (χ0v) is 12.7. The molecule has 2 heterocycles. The lowest BCUT2D eigenvalue weighted by Gasteiger charge is -2.06. The third-order valence-electron chi connectivity index (χ3n) is 3.32. The number of aromatic nitrogens is 4. The molecule has 1 amide bonds. The van der Waals surface area contributed by atoms with Crippen LogP contribution in [0.15, 0.2) is 48.9 Å². The Morgan fingerprint density at radius 1 is 1.13 bits per heavy atom. The number of rotatable bonds is 4. The highest BCUT2D eigenvalue weighted by molar-refractivity contribution is 6.04. The lowest BCUT2D eigenvalue weighted by Crippen LogP contribution is -2.13. The van der Waals surface area contributed by atoms with Crippen molar-refractivity contribution in [3.8, 4) is 11.7 Å². The normalized spacial score (nSPS) is 10.3. The molecule has 0 spiro atoms. The Balaban J connectivity index is 1.81. The van der Waals surface area contributed by atoms with Gasteiger partial charge in [0.05, 0.1) is 48.3 Å². The Bertz CT molecular complexity index is 812. The summed E-state index contributed by atoms with van der Waals surface area (Å²) < 4.78 is 6.60. The molecule has 0 saturated carbocycles. The van der Waals surface area contributed by atoms with Crippen LogP contribution < -0.4 is 10.1 Å². The van der Waals surface area contributed by atoms with Crippen LogP contribution in [0.4, 0.5) is 5.69 Å². The van der Waals surface area contributed by atoms with Crippen LogP contribution >= 0.6 is 0 Å². The van der Waals surface area contributed by atoms with Gasteiger partial charge in [0.15, 0.2) is 0 Å². The van der Waals surface area contributed by atoms with E-state index in [1.54, 1.807) is 10.9 Å². The number of ether oxygens (including phenoxy) is 1. The van der Waals surface area contributed by atoms with Crippen LogP contribution in [0, 0.1) is 6.92 Å². The van der Waals surface area contributed by atoms with E-state index in [9.17, 15) is 4.79 Å². The Labute approximate surface area is 133 Å². The number of nitrogens with one attached hydrogen (secondary N) is 1. The largest absolute Gasteiger partial charge is 0.467 e. The highest BCUT2D eigenvalue weighted by atomic mass is 16.5. The first-order chi connectivity index (χ1) is 11.2. The van der Waals surface area contributed by atoms with Gasteiger partial charge in [-0.15, -0.1) is 0 Å². The van der Waals surface area contributed by atoms with Gasteiger partial charge < -0.3 is 10.1 Å². The van der Waals surface area contributed by atoms with Crippen molar-refractivity contribution in [2.75, 3.05) is 12.4 Å². The molecule has 3 aromatic rings. The molecule has 2 aromatic heterocycles. The van der Waals surface area contributed by atoms with Gasteiger partial charge in [0, 0.05) is 0 Å². The molecule has 0 unspecified atom stereocenters. The van der Waals surface area contributed by atoms with Crippen molar-refractivity contribution >= 4 is 11.6 Å². The second-order valence-electron chi connectivity index (χ2n) is 4.80. The summed E-state index contributed by atoms with van der Waals surface area (Å²) in [5.41, 5.74) is 2.63. The smallest absolute Gasteiger partial charge is 0.316 e. The van der Waals surface area contributed by atoms with Crippen molar-refractivity contribution in [1.82, 2.24) is 19.7 Å². The number of hydrogen-bond acceptors (Lipinski definition) is 5. The van der Waals surface area contributed by atoms with E-state index in [0.717, 1.165) is 11.4 Å². The summed E-state index contributed by atoms with van der Waals surface area (Å²) in [6.07, 6.45) is 4.52. The molecule has 7 nitrogen and oxygen atoms in total. The molecule has 0 atom stereocenters. The van der Waals surface area contributed by atoms with Crippen molar-refractivity contribution in [1.29, 1.82) is 0 Å². The standard InChI is InChI=1S/C16H15N5O2/c1-11-14(10-19-21(11)13-6-4-3-5-7-13)15(22)20-12-8-17-16(23-2)18-9-12/h3-10H,1-2H3,(H,20,22). The average molecular weight is 309 g/mol. The second kappa shape index (κ2) is 6.27. The zero-order valence-electron chi connectivity index (χ0n) is 12.7. The number of amides is 1. The van der Waals surface area contributed by atoms with Crippen LogP contribution in [0.1, 0.15) is 16.1 Å². The van der Waals surface area contributed by atoms with Gasteiger partial charge in [-0.3, -0.25) is 4.79 Å². The molecule has 0 fully saturated rings. The number of carbonyl (C=O) groups is 1. The minimum Gasteiger partial charge on any atom is -0.467 e. The van der Waals surface area contributed by atoms with Gasteiger partial charge in [0.25, 0.3) is 5.91 Å². The SMILES string of the molecule is COc1ncc(NC(=O)c2cnn(-c3ccccc3)c2C)cn1. The first-order valence-electron chi connectivity index (χ1n) is 6.96. The highest BCUT2D eigenvalue weighted by Crippen LogP contribution is 2.16. The van der Waals surface area contributed by atoms with Crippen LogP contribution in [0.25, 0.3) is 5.69 Å². The van der Waals surface area contributed by atoms with E-state index >= 15 is 0 Å². The monoisotopic (exact) mass is 309 g/mol. The minimum atomic E-state index is -0.265. The number of carbonyl (C=O) groups excluding carboxylic acids is 1. The van der Waals surface area contributed by atoms with Gasteiger partial charge in [0.2, 0.25) is 0 Å². The van der Waals surface area contributed by atoms with E-state index < -0.39 is 0 Å². The van der Waals surface area contributed by atoms with Gasteiger partial charge >= 0.3 is 6.01 Å². The molecular formula is C16H15N5O2. The average Bonchev–Trinajstić information content (AvgIpc) is 2.98. The third kappa shape index (κ3) is 3.03. The van der Waals surface area contributed by atoms with E-state index in [1.807, 2.05) is 37.3 Å². The van der Waals surface area contributed by atoms with Crippen molar-refractivity contribution < 1.29 is 9.53 Å². The maximum absolute atomic E-state index is 12.4. The molecule has 0 aliphatic heterocycles. The molecule has 116 valence electrons. The van der Waals surface area contributed by atoms with Crippen LogP contribution in [-0.4, -0.2) is 32.8 Å². The van der Waals surface area contributed by atoms with Crippen LogP contribution in [0.2, 0.25) is 0 Å². The van der Waals surface area contributed by atoms with Crippen molar-refractivity contribution in [3.05, 3.63) is 60.2 Å². The lowest BCUT2D eigenvalue weighted by molar-refractivity contribution is 0.102. The predicted molar refractivity (Wildman–Crippen MR) is 84.8 cm³/mol. The summed E-state index contributed by atoms with van der Waals surface area (Å²) in [5.74, 6) is -0.265. The molecule has 0 aliphatic rings. The maximum atomic E-state index is 12.4. The second-order valence-corrected chi connectivity index (χ2v) is 4.80. The van der Waals surface area contributed by atoms with E-state index in [1.165, 1.54) is 19.5 Å². The van der Waals surface area contributed by atoms with Crippen molar-refractivity contribution in [2.45, 2.75) is 6.92 Å². The van der Waals surface area contributed by atoms with Gasteiger partial charge in [-0.05, 0) is 19.1 Å². The molecule has 0 aliphatic carbocycles. The molecular weight excluding hydrogens is 294 g/mol. The predicted octanol–water partition coefficient (Wildman–Crippen LogP) is 2.23. The summed E-state index contributed by atoms with van der Waals surface area (Å²) in [7, 11) is 1.48. The Morgan fingerprint density at radius 3 is 2.48 bits per heavy atom. The summed E-state index contributed by atoms with van der Waals surface area (Å²) in [6, 6.07) is 9.88. The summed E-state index contributed by atoms with van der Waals surface area (Å²) in [4.78, 5) is 20.3. The Hall–Kier alpha value is -3.22. The Kier molecular flexibility index (Phi) is 4.01. The van der Waals surface area contributed by atoms with E-state index in [-0.39, 0.29) is 11.9 Å². The summed E-state index contributed by atoms with van der Waals surface area (Å²) >= 11 is 0. The number of methoxy groups -OCH3 is 1. The molecule has 0 bridgehead atoms. The fourth-order valence-corrected chi connectivity index (χ4v) is 2.15. The van der Waals surface area contributed by atoms with E-state index in [0.29, 0.717) is 11.3 Å². The quantitative estimate of drug-likeness (QED) is 0.799. The van der Waals surface area contributed by atoms with E-state index in [2.05, 4.69) is 20.4 Å². The number of nitrogens with zero attached hydrogens (tertiary/aromatic N) is 4. The third-order valence-corrected chi connectivity index (χ3v) is 3.32. The molecule has 1 N–H and O–H groups in total. The van der Waals surface area contributed by atoms with Gasteiger partial charge in [-0.25, -0.2) is 14.6 Å². The first-order valence-corrected chi connectivity index (χ1v) is 6.96. The molecule has 0 radical (unpaired) electrons. The topological polar surface area (TPSA) is 81.9 Å². The summed E-state index contributed by atoms with van der Waals surface area (Å²) in [6.45, 7) is 1.85. The van der Waals surface area contributed by atoms with Crippen molar-refractivity contribution in [3.63, 3.8) is 0 Å². The van der Waals surface area contributed by atoms with Gasteiger partial charge in [0.1, 0.15) is 0 Å². The van der Waals surface area contributed by atoms with E-state index in [4.69, 9.17) is 4.74 Å². The number of para-hydroxylation sites is 1. The number of anilines is 1. The molecule has 7 heteroatoms. The fraction of sp³-hybridized carbons (Fsp3) is 0.125. The first kappa shape index (κ1) is 14.7. The molecule has 23 heavy (non-hydrogen) atoms. The zero-order chi connectivity index (χ0) is 16.2. The van der Waals surface area contributed by atoms with Crippen LogP contribution in [0.3, 0.4) is 0 Å².